The monoisotopic (exact) mass is 289 g/mol. The van der Waals surface area contributed by atoms with E-state index >= 15 is 0 Å². The second kappa shape index (κ2) is 5.66. The molecule has 1 unspecified atom stereocenters. The zero-order chi connectivity index (χ0) is 13.9. The van der Waals surface area contributed by atoms with Crippen LogP contribution in [-0.4, -0.2) is 28.0 Å². The lowest BCUT2D eigenvalue weighted by atomic mass is 10.1. The molecule has 6 heteroatoms. The molecule has 3 rings (SSSR count). The number of nitro groups is 1. The van der Waals surface area contributed by atoms with Gasteiger partial charge >= 0.3 is 0 Å². The summed E-state index contributed by atoms with van der Waals surface area (Å²) in [6, 6.07) is 5.04. The minimum atomic E-state index is -0.347. The molecule has 0 spiro atoms. The molecule has 1 saturated heterocycles. The number of hydrogen-bond donors (Lipinski definition) is 1. The smallest absolute Gasteiger partial charge is 0.277 e. The van der Waals surface area contributed by atoms with Gasteiger partial charge in [0.05, 0.1) is 10.3 Å². The fourth-order valence-corrected chi connectivity index (χ4v) is 3.77. The van der Waals surface area contributed by atoms with E-state index in [0.29, 0.717) is 11.3 Å². The van der Waals surface area contributed by atoms with Crippen molar-refractivity contribution >= 4 is 33.9 Å². The molecule has 2 aromatic rings. The first kappa shape index (κ1) is 13.2. The van der Waals surface area contributed by atoms with E-state index in [4.69, 9.17) is 0 Å². The molecule has 1 fully saturated rings. The van der Waals surface area contributed by atoms with Crippen molar-refractivity contribution < 1.29 is 4.92 Å². The Kier molecular flexibility index (Phi) is 3.73. The number of pyridine rings is 1. The molecule has 1 N–H and O–H groups in total. The SMILES string of the molecule is O=[N+]([O-])c1ccc(NCC2CCSC2)c2cnccc12. The van der Waals surface area contributed by atoms with Crippen molar-refractivity contribution in [3.8, 4) is 0 Å². The molecule has 104 valence electrons. The summed E-state index contributed by atoms with van der Waals surface area (Å²) in [7, 11) is 0. The van der Waals surface area contributed by atoms with Crippen LogP contribution in [0.25, 0.3) is 10.8 Å². The van der Waals surface area contributed by atoms with Crippen LogP contribution >= 0.6 is 11.8 Å². The van der Waals surface area contributed by atoms with Crippen LogP contribution in [0.5, 0.6) is 0 Å². The Hall–Kier alpha value is -1.82. The molecule has 1 atom stereocenters. The van der Waals surface area contributed by atoms with Gasteiger partial charge in [-0.15, -0.1) is 0 Å². The van der Waals surface area contributed by atoms with Crippen LogP contribution in [0.4, 0.5) is 11.4 Å². The molecule has 1 aromatic carbocycles. The average Bonchev–Trinajstić information content (AvgIpc) is 2.97. The van der Waals surface area contributed by atoms with Crippen molar-refractivity contribution in [1.29, 1.82) is 0 Å². The lowest BCUT2D eigenvalue weighted by Crippen LogP contribution is -2.13. The number of thioether (sulfide) groups is 1. The quantitative estimate of drug-likeness (QED) is 0.691. The minimum Gasteiger partial charge on any atom is -0.384 e. The number of hydrogen-bond acceptors (Lipinski definition) is 5. The molecule has 0 aliphatic carbocycles. The van der Waals surface area contributed by atoms with E-state index in [1.165, 1.54) is 17.9 Å². The van der Waals surface area contributed by atoms with E-state index in [1.807, 2.05) is 11.8 Å². The Morgan fingerprint density at radius 1 is 1.40 bits per heavy atom. The van der Waals surface area contributed by atoms with Crippen LogP contribution in [0.2, 0.25) is 0 Å². The van der Waals surface area contributed by atoms with Gasteiger partial charge in [-0.25, -0.2) is 0 Å². The minimum absolute atomic E-state index is 0.129. The first-order chi connectivity index (χ1) is 9.75. The number of nitrogens with one attached hydrogen (secondary N) is 1. The molecule has 20 heavy (non-hydrogen) atoms. The summed E-state index contributed by atoms with van der Waals surface area (Å²) in [6.07, 6.45) is 4.52. The Morgan fingerprint density at radius 2 is 2.30 bits per heavy atom. The summed E-state index contributed by atoms with van der Waals surface area (Å²) in [5.41, 5.74) is 1.06. The predicted molar refractivity (Wildman–Crippen MR) is 82.3 cm³/mol. The Labute approximate surface area is 120 Å². The summed E-state index contributed by atoms with van der Waals surface area (Å²) in [5.74, 6) is 3.10. The molecule has 0 bridgehead atoms. The zero-order valence-corrected chi connectivity index (χ0v) is 11.7. The van der Waals surface area contributed by atoms with Gasteiger partial charge < -0.3 is 5.32 Å². The topological polar surface area (TPSA) is 68.1 Å². The molecule has 1 aliphatic rings. The van der Waals surface area contributed by atoms with Crippen LogP contribution in [0.1, 0.15) is 6.42 Å². The molecule has 0 radical (unpaired) electrons. The number of rotatable bonds is 4. The fraction of sp³-hybridized carbons (Fsp3) is 0.357. The van der Waals surface area contributed by atoms with E-state index < -0.39 is 0 Å². The second-order valence-electron chi connectivity index (χ2n) is 4.92. The number of aromatic nitrogens is 1. The van der Waals surface area contributed by atoms with Crippen molar-refractivity contribution in [2.24, 2.45) is 5.92 Å². The first-order valence-corrected chi connectivity index (χ1v) is 7.74. The van der Waals surface area contributed by atoms with Crippen LogP contribution in [0, 0.1) is 16.0 Å². The molecule has 1 aliphatic heterocycles. The summed E-state index contributed by atoms with van der Waals surface area (Å²) < 4.78 is 0. The van der Waals surface area contributed by atoms with Gasteiger partial charge in [-0.1, -0.05) is 0 Å². The highest BCUT2D eigenvalue weighted by molar-refractivity contribution is 7.99. The van der Waals surface area contributed by atoms with Gasteiger partial charge in [0.2, 0.25) is 0 Å². The molecule has 1 aromatic heterocycles. The molecule has 2 heterocycles. The van der Waals surface area contributed by atoms with E-state index in [-0.39, 0.29) is 10.6 Å². The lowest BCUT2D eigenvalue weighted by molar-refractivity contribution is -0.383. The van der Waals surface area contributed by atoms with Gasteiger partial charge in [0, 0.05) is 36.1 Å². The third-order valence-corrected chi connectivity index (χ3v) is 4.83. The third-order valence-electron chi connectivity index (χ3n) is 3.60. The summed E-state index contributed by atoms with van der Waals surface area (Å²) in [5, 5.41) is 15.9. The number of benzene rings is 1. The van der Waals surface area contributed by atoms with Gasteiger partial charge in [-0.2, -0.15) is 11.8 Å². The van der Waals surface area contributed by atoms with Crippen LogP contribution in [-0.2, 0) is 0 Å². The van der Waals surface area contributed by atoms with E-state index in [1.54, 1.807) is 30.6 Å². The molecular weight excluding hydrogens is 274 g/mol. The Morgan fingerprint density at radius 3 is 3.05 bits per heavy atom. The average molecular weight is 289 g/mol. The largest absolute Gasteiger partial charge is 0.384 e. The maximum Gasteiger partial charge on any atom is 0.277 e. The normalized spacial score (nSPS) is 18.3. The maximum atomic E-state index is 11.1. The van der Waals surface area contributed by atoms with Crippen molar-refractivity contribution in [3.05, 3.63) is 40.7 Å². The highest BCUT2D eigenvalue weighted by Crippen LogP contribution is 2.31. The number of nitro benzene ring substituents is 1. The van der Waals surface area contributed by atoms with Crippen molar-refractivity contribution in [3.63, 3.8) is 0 Å². The van der Waals surface area contributed by atoms with Gasteiger partial charge in [0.15, 0.2) is 0 Å². The van der Waals surface area contributed by atoms with Crippen molar-refractivity contribution in [2.75, 3.05) is 23.4 Å². The number of non-ortho nitro benzene ring substituents is 1. The fourth-order valence-electron chi connectivity index (χ4n) is 2.49. The van der Waals surface area contributed by atoms with Crippen LogP contribution in [0.3, 0.4) is 0 Å². The zero-order valence-electron chi connectivity index (χ0n) is 10.9. The predicted octanol–water partition coefficient (Wildman–Crippen LogP) is 3.31. The molecular formula is C14H15N3O2S. The van der Waals surface area contributed by atoms with Crippen molar-refractivity contribution in [1.82, 2.24) is 4.98 Å². The van der Waals surface area contributed by atoms with Gasteiger partial charge in [0.1, 0.15) is 0 Å². The summed E-state index contributed by atoms with van der Waals surface area (Å²) in [4.78, 5) is 14.8. The summed E-state index contributed by atoms with van der Waals surface area (Å²) >= 11 is 1.99. The molecule has 0 saturated carbocycles. The standard InChI is InChI=1S/C14H15N3O2S/c18-17(19)14-2-1-13(12-8-15-5-3-11(12)14)16-7-10-4-6-20-9-10/h1-3,5,8,10,16H,4,6-7,9H2. The van der Waals surface area contributed by atoms with E-state index in [2.05, 4.69) is 10.3 Å². The number of nitrogens with zero attached hydrogens (tertiary/aromatic N) is 2. The highest BCUT2D eigenvalue weighted by Gasteiger charge is 2.17. The van der Waals surface area contributed by atoms with Gasteiger partial charge in [-0.05, 0) is 36.0 Å². The van der Waals surface area contributed by atoms with Gasteiger partial charge in [0.25, 0.3) is 5.69 Å². The third kappa shape index (κ3) is 2.56. The highest BCUT2D eigenvalue weighted by atomic mass is 32.2. The van der Waals surface area contributed by atoms with Crippen molar-refractivity contribution in [2.45, 2.75) is 6.42 Å². The number of anilines is 1. The van der Waals surface area contributed by atoms with E-state index in [9.17, 15) is 10.1 Å². The van der Waals surface area contributed by atoms with Crippen LogP contribution in [0.15, 0.2) is 30.6 Å². The maximum absolute atomic E-state index is 11.1. The summed E-state index contributed by atoms with van der Waals surface area (Å²) in [6.45, 7) is 0.912. The Balaban J connectivity index is 1.91. The van der Waals surface area contributed by atoms with E-state index in [0.717, 1.165) is 17.6 Å². The first-order valence-electron chi connectivity index (χ1n) is 6.58. The van der Waals surface area contributed by atoms with Crippen LogP contribution < -0.4 is 5.32 Å². The molecule has 5 nitrogen and oxygen atoms in total. The van der Waals surface area contributed by atoms with Gasteiger partial charge in [-0.3, -0.25) is 15.1 Å². The molecule has 0 amide bonds. The number of fused-ring (bicyclic) bond motifs is 1. The second-order valence-corrected chi connectivity index (χ2v) is 6.07. The lowest BCUT2D eigenvalue weighted by Gasteiger charge is -2.13. The Bertz CT molecular complexity index is 641.